The summed E-state index contributed by atoms with van der Waals surface area (Å²) in [6.45, 7) is 3.44. The van der Waals surface area contributed by atoms with Crippen molar-refractivity contribution in [1.82, 2.24) is 14.9 Å². The highest BCUT2D eigenvalue weighted by atomic mass is 16.5. The maximum atomic E-state index is 7.65. The van der Waals surface area contributed by atoms with Crippen LogP contribution in [0.3, 0.4) is 0 Å². The van der Waals surface area contributed by atoms with Crippen molar-refractivity contribution in [3.05, 3.63) is 53.9 Å². The molecule has 4 rings (SSSR count). The zero-order valence-electron chi connectivity index (χ0n) is 17.1. The Hall–Kier alpha value is -3.10. The van der Waals surface area contributed by atoms with E-state index in [1.807, 2.05) is 42.5 Å². The molecule has 3 aromatic rings. The van der Waals surface area contributed by atoms with Crippen molar-refractivity contribution in [2.45, 2.75) is 25.7 Å². The Balaban J connectivity index is 1.48. The van der Waals surface area contributed by atoms with Gasteiger partial charge in [-0.15, -0.1) is 0 Å². The van der Waals surface area contributed by atoms with E-state index in [4.69, 9.17) is 30.3 Å². The minimum Gasteiger partial charge on any atom is -0.489 e. The van der Waals surface area contributed by atoms with E-state index >= 15 is 0 Å². The smallest absolute Gasteiger partial charge is 0.148 e. The van der Waals surface area contributed by atoms with E-state index in [2.05, 4.69) is 9.88 Å². The van der Waals surface area contributed by atoms with E-state index in [9.17, 15) is 0 Å². The lowest BCUT2D eigenvalue weighted by atomic mass is 10.2. The molecular weight excluding hydrogens is 382 g/mol. The SMILES string of the molecule is COCCn1c(COc2ccc(OC3CCNC3)cc2)nc2cc(C(=N)N)ccc21. The fourth-order valence-corrected chi connectivity index (χ4v) is 3.57. The van der Waals surface area contributed by atoms with Crippen molar-refractivity contribution >= 4 is 16.9 Å². The Morgan fingerprint density at radius 3 is 2.73 bits per heavy atom. The Morgan fingerprint density at radius 1 is 1.23 bits per heavy atom. The summed E-state index contributed by atoms with van der Waals surface area (Å²) in [6.07, 6.45) is 1.26. The summed E-state index contributed by atoms with van der Waals surface area (Å²) < 4.78 is 19.3. The Morgan fingerprint density at radius 2 is 2.03 bits per heavy atom. The first kappa shape index (κ1) is 20.2. The van der Waals surface area contributed by atoms with Crippen LogP contribution in [0.2, 0.25) is 0 Å². The normalized spacial score (nSPS) is 16.1. The predicted molar refractivity (Wildman–Crippen MR) is 115 cm³/mol. The van der Waals surface area contributed by atoms with Gasteiger partial charge in [-0.05, 0) is 55.4 Å². The molecule has 1 aliphatic rings. The first-order chi connectivity index (χ1) is 14.6. The summed E-state index contributed by atoms with van der Waals surface area (Å²) >= 11 is 0. The van der Waals surface area contributed by atoms with Gasteiger partial charge in [-0.25, -0.2) is 4.98 Å². The van der Waals surface area contributed by atoms with E-state index in [0.29, 0.717) is 25.3 Å². The lowest BCUT2D eigenvalue weighted by Crippen LogP contribution is -2.19. The van der Waals surface area contributed by atoms with E-state index < -0.39 is 0 Å². The Kier molecular flexibility index (Phi) is 6.15. The summed E-state index contributed by atoms with van der Waals surface area (Å²) in [5, 5.41) is 10.9. The minimum absolute atomic E-state index is 0.0248. The summed E-state index contributed by atoms with van der Waals surface area (Å²) in [7, 11) is 1.68. The zero-order valence-corrected chi connectivity index (χ0v) is 17.1. The molecule has 1 aliphatic heterocycles. The van der Waals surface area contributed by atoms with Crippen LogP contribution < -0.4 is 20.5 Å². The van der Waals surface area contributed by atoms with Crippen LogP contribution in [0, 0.1) is 5.41 Å². The molecule has 1 saturated heterocycles. The molecule has 8 nitrogen and oxygen atoms in total. The van der Waals surface area contributed by atoms with Gasteiger partial charge in [-0.2, -0.15) is 0 Å². The molecule has 4 N–H and O–H groups in total. The number of hydrogen-bond acceptors (Lipinski definition) is 6. The topological polar surface area (TPSA) is 107 Å². The number of rotatable bonds is 9. The Bertz CT molecular complexity index is 1010. The summed E-state index contributed by atoms with van der Waals surface area (Å²) in [5.74, 6) is 2.42. The third-order valence-corrected chi connectivity index (χ3v) is 5.17. The number of imidazole rings is 1. The van der Waals surface area contributed by atoms with Crippen LogP contribution in [0.25, 0.3) is 11.0 Å². The second kappa shape index (κ2) is 9.15. The monoisotopic (exact) mass is 409 g/mol. The van der Waals surface area contributed by atoms with E-state index in [0.717, 1.165) is 47.9 Å². The molecule has 0 bridgehead atoms. The number of methoxy groups -OCH3 is 1. The van der Waals surface area contributed by atoms with Crippen molar-refractivity contribution < 1.29 is 14.2 Å². The van der Waals surface area contributed by atoms with Crippen molar-refractivity contribution in [2.24, 2.45) is 5.73 Å². The number of nitrogens with one attached hydrogen (secondary N) is 2. The van der Waals surface area contributed by atoms with Gasteiger partial charge in [0.2, 0.25) is 0 Å². The van der Waals surface area contributed by atoms with Gasteiger partial charge in [0.05, 0.1) is 17.6 Å². The van der Waals surface area contributed by atoms with Gasteiger partial charge in [0, 0.05) is 25.8 Å². The van der Waals surface area contributed by atoms with Gasteiger partial charge in [-0.1, -0.05) is 0 Å². The molecule has 0 saturated carbocycles. The number of nitrogens with zero attached hydrogens (tertiary/aromatic N) is 2. The number of hydrogen-bond donors (Lipinski definition) is 3. The number of nitrogen functional groups attached to an aromatic ring is 1. The number of amidine groups is 1. The molecule has 30 heavy (non-hydrogen) atoms. The quantitative estimate of drug-likeness (QED) is 0.370. The maximum Gasteiger partial charge on any atom is 0.148 e. The van der Waals surface area contributed by atoms with Gasteiger partial charge in [0.15, 0.2) is 0 Å². The number of benzene rings is 2. The predicted octanol–water partition coefficient (Wildman–Crippen LogP) is 2.29. The number of fused-ring (bicyclic) bond motifs is 1. The van der Waals surface area contributed by atoms with Crippen LogP contribution in [0.1, 0.15) is 17.8 Å². The third kappa shape index (κ3) is 4.55. The first-order valence-corrected chi connectivity index (χ1v) is 10.1. The fourth-order valence-electron chi connectivity index (χ4n) is 3.57. The van der Waals surface area contributed by atoms with E-state index in [1.54, 1.807) is 7.11 Å². The van der Waals surface area contributed by atoms with Crippen LogP contribution in [0.4, 0.5) is 0 Å². The van der Waals surface area contributed by atoms with Crippen molar-refractivity contribution in [1.29, 1.82) is 5.41 Å². The third-order valence-electron chi connectivity index (χ3n) is 5.17. The highest BCUT2D eigenvalue weighted by Crippen LogP contribution is 2.23. The largest absolute Gasteiger partial charge is 0.489 e. The molecule has 0 aliphatic carbocycles. The van der Waals surface area contributed by atoms with Gasteiger partial charge < -0.3 is 29.8 Å². The average Bonchev–Trinajstić information content (AvgIpc) is 3.38. The minimum atomic E-state index is 0.0248. The van der Waals surface area contributed by atoms with Crippen molar-refractivity contribution in [3.63, 3.8) is 0 Å². The van der Waals surface area contributed by atoms with Crippen molar-refractivity contribution in [3.8, 4) is 11.5 Å². The molecule has 0 amide bonds. The van der Waals surface area contributed by atoms with Gasteiger partial charge >= 0.3 is 0 Å². The molecule has 1 atom stereocenters. The Labute approximate surface area is 175 Å². The summed E-state index contributed by atoms with van der Waals surface area (Å²) in [6, 6.07) is 13.3. The standard InChI is InChI=1S/C22H27N5O3/c1-28-11-10-27-20-7-2-15(22(23)24)12-19(20)26-21(27)14-29-16-3-5-17(6-4-16)30-18-8-9-25-13-18/h2-7,12,18,25H,8-11,13-14H2,1H3,(H3,23,24). The molecule has 2 aromatic carbocycles. The second-order valence-corrected chi connectivity index (χ2v) is 7.28. The number of ether oxygens (including phenoxy) is 3. The molecule has 2 heterocycles. The number of aromatic nitrogens is 2. The molecule has 8 heteroatoms. The molecule has 1 fully saturated rings. The van der Waals surface area contributed by atoms with Crippen LogP contribution in [-0.2, 0) is 17.9 Å². The summed E-state index contributed by atoms with van der Waals surface area (Å²) in [5.41, 5.74) is 8.02. The van der Waals surface area contributed by atoms with Gasteiger partial charge in [-0.3, -0.25) is 5.41 Å². The lowest BCUT2D eigenvalue weighted by Gasteiger charge is -2.13. The van der Waals surface area contributed by atoms with Crippen LogP contribution in [-0.4, -0.2) is 48.3 Å². The van der Waals surface area contributed by atoms with Crippen molar-refractivity contribution in [2.75, 3.05) is 26.8 Å². The molecule has 1 aromatic heterocycles. The molecule has 0 spiro atoms. The first-order valence-electron chi connectivity index (χ1n) is 10.1. The number of nitrogens with two attached hydrogens (primary N) is 1. The van der Waals surface area contributed by atoms with Gasteiger partial charge in [0.25, 0.3) is 0 Å². The van der Waals surface area contributed by atoms with Crippen LogP contribution in [0.15, 0.2) is 42.5 Å². The zero-order chi connectivity index (χ0) is 20.9. The molecule has 1 unspecified atom stereocenters. The van der Waals surface area contributed by atoms with Gasteiger partial charge in [0.1, 0.15) is 35.9 Å². The van der Waals surface area contributed by atoms with Crippen LogP contribution >= 0.6 is 0 Å². The maximum absolute atomic E-state index is 7.65. The molecule has 0 radical (unpaired) electrons. The molecule has 158 valence electrons. The van der Waals surface area contributed by atoms with E-state index in [-0.39, 0.29) is 11.9 Å². The highest BCUT2D eigenvalue weighted by Gasteiger charge is 2.16. The average molecular weight is 409 g/mol. The van der Waals surface area contributed by atoms with Crippen LogP contribution in [0.5, 0.6) is 11.5 Å². The van der Waals surface area contributed by atoms with E-state index in [1.165, 1.54) is 0 Å². The molecular formula is C22H27N5O3. The highest BCUT2D eigenvalue weighted by molar-refractivity contribution is 5.98. The fraction of sp³-hybridized carbons (Fsp3) is 0.364. The summed E-state index contributed by atoms with van der Waals surface area (Å²) in [4.78, 5) is 4.71. The second-order valence-electron chi connectivity index (χ2n) is 7.28. The lowest BCUT2D eigenvalue weighted by molar-refractivity contribution is 0.185.